The molecule has 0 aliphatic carbocycles. The lowest BCUT2D eigenvalue weighted by atomic mass is 10.4. The summed E-state index contributed by atoms with van der Waals surface area (Å²) in [5.41, 5.74) is -0.953. The van der Waals surface area contributed by atoms with Crippen LogP contribution in [0.5, 0.6) is 0 Å². The molecule has 0 radical (unpaired) electrons. The molecule has 1 aliphatic heterocycles. The number of aromatic nitrogens is 2. The highest BCUT2D eigenvalue weighted by Gasteiger charge is 2.03. The highest BCUT2D eigenvalue weighted by Crippen LogP contribution is 1.96. The molecule has 1 aromatic heterocycles. The maximum atomic E-state index is 11.5. The lowest BCUT2D eigenvalue weighted by molar-refractivity contribution is 0.755. The van der Waals surface area contributed by atoms with Crippen molar-refractivity contribution in [3.05, 3.63) is 31.4 Å². The number of H-pyrrole nitrogens is 1. The van der Waals surface area contributed by atoms with Crippen LogP contribution in [0.25, 0.3) is 12.4 Å². The van der Waals surface area contributed by atoms with Crippen molar-refractivity contribution in [3.63, 3.8) is 0 Å². The molecule has 76 valence electrons. The lowest BCUT2D eigenvalue weighted by Gasteiger charge is -1.96. The molecule has 0 bridgehead atoms. The summed E-state index contributed by atoms with van der Waals surface area (Å²) in [7, 11) is 1.38. The van der Waals surface area contributed by atoms with Gasteiger partial charge in [0.05, 0.1) is 10.6 Å². The van der Waals surface area contributed by atoms with Crippen molar-refractivity contribution >= 4 is 24.8 Å². The van der Waals surface area contributed by atoms with Gasteiger partial charge in [-0.1, -0.05) is 6.58 Å². The van der Waals surface area contributed by atoms with E-state index in [4.69, 9.17) is 0 Å². The molecule has 2 rings (SSSR count). The van der Waals surface area contributed by atoms with Gasteiger partial charge in [-0.05, 0) is 0 Å². The molecule has 0 spiro atoms. The van der Waals surface area contributed by atoms with Crippen molar-refractivity contribution in [2.24, 2.45) is 17.0 Å². The first-order valence-electron chi connectivity index (χ1n) is 4.20. The number of nitrogens with zero attached hydrogens (tertiary/aromatic N) is 3. The summed E-state index contributed by atoms with van der Waals surface area (Å²) in [4.78, 5) is 33.1. The molecule has 2 heterocycles. The van der Waals surface area contributed by atoms with Crippen molar-refractivity contribution in [1.82, 2.24) is 9.55 Å². The zero-order valence-corrected chi connectivity index (χ0v) is 8.02. The van der Waals surface area contributed by atoms with E-state index in [0.717, 1.165) is 4.57 Å². The Labute approximate surface area is 83.6 Å². The minimum absolute atomic E-state index is 0.184. The standard InChI is InChI=1S/C9H8N4O2/c1-5-6(7-10-3-4-11-7)12-9(15)13(2)8(5)14/h3-4H,1H2,2H3,(H,12,15). The van der Waals surface area contributed by atoms with Crippen molar-refractivity contribution in [1.29, 1.82) is 0 Å². The van der Waals surface area contributed by atoms with E-state index in [2.05, 4.69) is 21.5 Å². The van der Waals surface area contributed by atoms with Crippen molar-refractivity contribution < 1.29 is 0 Å². The average Bonchev–Trinajstić information content (AvgIpc) is 2.73. The van der Waals surface area contributed by atoms with Crippen LogP contribution in [-0.2, 0) is 7.05 Å². The van der Waals surface area contributed by atoms with Gasteiger partial charge in [0, 0.05) is 19.5 Å². The number of nitrogens with one attached hydrogen (secondary N) is 1. The van der Waals surface area contributed by atoms with Crippen LogP contribution in [0.4, 0.5) is 0 Å². The molecule has 0 atom stereocenters. The van der Waals surface area contributed by atoms with Crippen LogP contribution in [0.3, 0.4) is 0 Å². The second-order valence-electron chi connectivity index (χ2n) is 3.03. The number of hydrogen-bond acceptors (Lipinski definition) is 4. The predicted molar refractivity (Wildman–Crippen MR) is 57.5 cm³/mol. The summed E-state index contributed by atoms with van der Waals surface area (Å²) in [6.45, 7) is 3.59. The normalized spacial score (nSPS) is 13.8. The fourth-order valence-electron chi connectivity index (χ4n) is 1.23. The van der Waals surface area contributed by atoms with Crippen LogP contribution in [-0.4, -0.2) is 22.0 Å². The molecule has 1 aliphatic rings. The summed E-state index contributed by atoms with van der Waals surface area (Å²) in [5, 5.41) is 0.455. The van der Waals surface area contributed by atoms with E-state index < -0.39 is 11.2 Å². The first-order valence-corrected chi connectivity index (χ1v) is 4.20. The number of hydrogen-bond donors (Lipinski definition) is 1. The van der Waals surface area contributed by atoms with E-state index in [-0.39, 0.29) is 10.6 Å². The molecule has 15 heavy (non-hydrogen) atoms. The SMILES string of the molecule is C=c1c(=C2N=CC=N2)[nH]c(=O)n(C)c1=O. The van der Waals surface area contributed by atoms with Crippen LogP contribution in [0.15, 0.2) is 19.6 Å². The molecule has 0 fully saturated rings. The summed E-state index contributed by atoms with van der Waals surface area (Å²) >= 11 is 0. The molecule has 0 amide bonds. The average molecular weight is 204 g/mol. The highest BCUT2D eigenvalue weighted by atomic mass is 16.2. The Bertz CT molecular complexity index is 676. The third-order valence-corrected chi connectivity index (χ3v) is 2.09. The molecule has 6 nitrogen and oxygen atoms in total. The van der Waals surface area contributed by atoms with Gasteiger partial charge in [0.1, 0.15) is 0 Å². The third-order valence-electron chi connectivity index (χ3n) is 2.09. The Morgan fingerprint density at radius 1 is 1.33 bits per heavy atom. The predicted octanol–water partition coefficient (Wildman–Crippen LogP) is -2.30. The largest absolute Gasteiger partial charge is 0.328 e. The highest BCUT2D eigenvalue weighted by molar-refractivity contribution is 6.20. The summed E-state index contributed by atoms with van der Waals surface area (Å²) in [5.74, 6) is 0.301. The summed E-state index contributed by atoms with van der Waals surface area (Å²) in [6, 6.07) is 0. The van der Waals surface area contributed by atoms with Gasteiger partial charge in [-0.25, -0.2) is 14.8 Å². The third kappa shape index (κ3) is 1.35. The quantitative estimate of drug-likeness (QED) is 0.516. The van der Waals surface area contributed by atoms with Crippen LogP contribution in [0.1, 0.15) is 0 Å². The van der Waals surface area contributed by atoms with Gasteiger partial charge in [0.2, 0.25) is 0 Å². The van der Waals surface area contributed by atoms with Crippen molar-refractivity contribution in [2.45, 2.75) is 0 Å². The van der Waals surface area contributed by atoms with Crippen LogP contribution >= 0.6 is 0 Å². The fourth-order valence-corrected chi connectivity index (χ4v) is 1.23. The monoisotopic (exact) mass is 204 g/mol. The Kier molecular flexibility index (Phi) is 1.96. The second kappa shape index (κ2) is 3.16. The van der Waals surface area contributed by atoms with Gasteiger partial charge in [-0.15, -0.1) is 0 Å². The fraction of sp³-hybridized carbons (Fsp3) is 0.111. The zero-order chi connectivity index (χ0) is 11.0. The zero-order valence-electron chi connectivity index (χ0n) is 8.02. The Morgan fingerprint density at radius 2 is 1.93 bits per heavy atom. The Hall–Kier alpha value is -2.24. The first kappa shape index (κ1) is 9.32. The van der Waals surface area contributed by atoms with Gasteiger partial charge in [0.15, 0.2) is 5.82 Å². The molecule has 0 unspecified atom stereocenters. The second-order valence-corrected chi connectivity index (χ2v) is 3.03. The Morgan fingerprint density at radius 3 is 2.53 bits per heavy atom. The van der Waals surface area contributed by atoms with Crippen LogP contribution < -0.4 is 21.8 Å². The molecular weight excluding hydrogens is 196 g/mol. The summed E-state index contributed by atoms with van der Waals surface area (Å²) in [6.07, 6.45) is 2.95. The number of rotatable bonds is 0. The first-order chi connectivity index (χ1) is 7.11. The molecule has 1 aromatic rings. The maximum absolute atomic E-state index is 11.5. The maximum Gasteiger partial charge on any atom is 0.328 e. The van der Waals surface area contributed by atoms with Crippen molar-refractivity contribution in [2.75, 3.05) is 0 Å². The van der Waals surface area contributed by atoms with E-state index in [9.17, 15) is 9.59 Å². The van der Waals surface area contributed by atoms with Crippen LogP contribution in [0.2, 0.25) is 0 Å². The molecular formula is C9H8N4O2. The summed E-state index contributed by atoms with van der Waals surface area (Å²) < 4.78 is 0.953. The lowest BCUT2D eigenvalue weighted by Crippen LogP contribution is -2.52. The minimum Gasteiger partial charge on any atom is -0.303 e. The molecule has 1 N–H and O–H groups in total. The number of aliphatic imine (C=N–C) groups is 2. The van der Waals surface area contributed by atoms with Gasteiger partial charge in [0.25, 0.3) is 5.56 Å². The van der Waals surface area contributed by atoms with E-state index in [0.29, 0.717) is 5.82 Å². The van der Waals surface area contributed by atoms with E-state index >= 15 is 0 Å². The van der Waals surface area contributed by atoms with E-state index in [1.165, 1.54) is 19.5 Å². The number of aromatic amines is 1. The van der Waals surface area contributed by atoms with E-state index in [1.54, 1.807) is 0 Å². The smallest absolute Gasteiger partial charge is 0.303 e. The Balaban J connectivity index is 3.06. The van der Waals surface area contributed by atoms with Gasteiger partial charge in [-0.2, -0.15) is 0 Å². The van der Waals surface area contributed by atoms with Crippen molar-refractivity contribution in [3.8, 4) is 0 Å². The molecule has 0 saturated heterocycles. The van der Waals surface area contributed by atoms with Gasteiger partial charge in [-0.3, -0.25) is 9.36 Å². The molecule has 6 heteroatoms. The molecule has 0 aromatic carbocycles. The minimum atomic E-state index is -0.507. The van der Waals surface area contributed by atoms with Gasteiger partial charge >= 0.3 is 5.69 Å². The van der Waals surface area contributed by atoms with E-state index in [1.807, 2.05) is 0 Å². The molecule has 0 saturated carbocycles. The topological polar surface area (TPSA) is 79.6 Å². The van der Waals surface area contributed by atoms with Crippen LogP contribution in [0, 0.1) is 0 Å². The van der Waals surface area contributed by atoms with Gasteiger partial charge < -0.3 is 4.98 Å².